The van der Waals surface area contributed by atoms with Gasteiger partial charge >= 0.3 is 11.9 Å². The molecule has 0 fully saturated rings. The number of hydrogen-bond acceptors (Lipinski definition) is 5. The van der Waals surface area contributed by atoms with Crippen LogP contribution < -0.4 is 10.6 Å². The first-order valence-corrected chi connectivity index (χ1v) is 7.86. The van der Waals surface area contributed by atoms with Gasteiger partial charge in [-0.25, -0.2) is 4.79 Å². The van der Waals surface area contributed by atoms with E-state index in [-0.39, 0.29) is 12.5 Å². The van der Waals surface area contributed by atoms with E-state index in [1.807, 2.05) is 0 Å². The monoisotopic (exact) mass is 338 g/mol. The highest BCUT2D eigenvalue weighted by Crippen LogP contribution is 2.10. The van der Waals surface area contributed by atoms with E-state index in [9.17, 15) is 9.59 Å². The predicted octanol–water partition coefficient (Wildman–Crippen LogP) is 2.49. The Kier molecular flexibility index (Phi) is 8.67. The molecule has 0 heterocycles. The van der Waals surface area contributed by atoms with Crippen LogP contribution >= 0.6 is 12.2 Å². The molecule has 0 aliphatic heterocycles. The normalized spacial score (nSPS) is 9.83. The van der Waals surface area contributed by atoms with Gasteiger partial charge in [0.1, 0.15) is 6.54 Å². The number of anilines is 1. The Morgan fingerprint density at radius 3 is 2.48 bits per heavy atom. The van der Waals surface area contributed by atoms with Gasteiger partial charge in [-0.05, 0) is 42.9 Å². The molecule has 6 nitrogen and oxygen atoms in total. The summed E-state index contributed by atoms with van der Waals surface area (Å²) >= 11 is 5.09. The summed E-state index contributed by atoms with van der Waals surface area (Å²) in [6.07, 6.45) is 3.00. The largest absolute Gasteiger partial charge is 0.465 e. The summed E-state index contributed by atoms with van der Waals surface area (Å²) in [6.45, 7) is 2.53. The number of methoxy groups -OCH3 is 1. The molecule has 0 aromatic heterocycles. The third-order valence-electron chi connectivity index (χ3n) is 2.97. The topological polar surface area (TPSA) is 76.7 Å². The first-order valence-electron chi connectivity index (χ1n) is 7.45. The van der Waals surface area contributed by atoms with Crippen LogP contribution in [0.4, 0.5) is 5.69 Å². The molecular weight excluding hydrogens is 316 g/mol. The second kappa shape index (κ2) is 10.6. The van der Waals surface area contributed by atoms with Crippen molar-refractivity contribution < 1.29 is 19.1 Å². The maximum atomic E-state index is 11.5. The summed E-state index contributed by atoms with van der Waals surface area (Å²) in [5.74, 6) is -0.741. The van der Waals surface area contributed by atoms with Crippen molar-refractivity contribution in [3.05, 3.63) is 29.8 Å². The number of carbonyl (C=O) groups excluding carboxylic acids is 2. The second-order valence-electron chi connectivity index (χ2n) is 4.80. The maximum absolute atomic E-state index is 11.5. The number of unbranched alkanes of at least 4 members (excludes halogenated alkanes) is 2. The third-order valence-corrected chi connectivity index (χ3v) is 3.21. The fourth-order valence-corrected chi connectivity index (χ4v) is 1.91. The number of nitrogens with one attached hydrogen (secondary N) is 2. The Bertz CT molecular complexity index is 531. The van der Waals surface area contributed by atoms with Gasteiger partial charge in [0.15, 0.2) is 5.11 Å². The fourth-order valence-electron chi connectivity index (χ4n) is 1.72. The maximum Gasteiger partial charge on any atom is 0.337 e. The highest BCUT2D eigenvalue weighted by molar-refractivity contribution is 7.80. The zero-order valence-corrected chi connectivity index (χ0v) is 14.2. The Morgan fingerprint density at radius 1 is 1.17 bits per heavy atom. The van der Waals surface area contributed by atoms with Gasteiger partial charge in [0.2, 0.25) is 0 Å². The van der Waals surface area contributed by atoms with E-state index >= 15 is 0 Å². The first kappa shape index (κ1) is 18.9. The van der Waals surface area contributed by atoms with E-state index in [0.29, 0.717) is 23.0 Å². The molecule has 0 atom stereocenters. The second-order valence-corrected chi connectivity index (χ2v) is 5.21. The number of carbonyl (C=O) groups is 2. The van der Waals surface area contributed by atoms with E-state index in [4.69, 9.17) is 17.0 Å². The highest BCUT2D eigenvalue weighted by Gasteiger charge is 2.06. The molecular formula is C16H22N2O4S. The number of rotatable bonds is 8. The molecule has 0 radical (unpaired) electrons. The van der Waals surface area contributed by atoms with Crippen LogP contribution in [0.1, 0.15) is 36.5 Å². The van der Waals surface area contributed by atoms with Crippen molar-refractivity contribution in [2.75, 3.05) is 25.6 Å². The van der Waals surface area contributed by atoms with Crippen LogP contribution in [0, 0.1) is 0 Å². The number of hydrogen-bond donors (Lipinski definition) is 2. The van der Waals surface area contributed by atoms with Gasteiger partial charge in [0.05, 0.1) is 19.3 Å². The molecule has 23 heavy (non-hydrogen) atoms. The van der Waals surface area contributed by atoms with E-state index in [0.717, 1.165) is 19.3 Å². The molecule has 0 bridgehead atoms. The molecule has 1 rings (SSSR count). The molecule has 126 valence electrons. The van der Waals surface area contributed by atoms with Crippen molar-refractivity contribution in [1.29, 1.82) is 0 Å². The van der Waals surface area contributed by atoms with E-state index < -0.39 is 5.97 Å². The minimum absolute atomic E-state index is 0.0121. The molecule has 0 saturated heterocycles. The van der Waals surface area contributed by atoms with Crippen LogP contribution in [-0.2, 0) is 14.3 Å². The van der Waals surface area contributed by atoms with Crippen molar-refractivity contribution in [2.24, 2.45) is 0 Å². The number of benzene rings is 1. The molecule has 0 aliphatic carbocycles. The molecule has 7 heteroatoms. The third kappa shape index (κ3) is 7.60. The number of thiocarbonyl (C=S) groups is 1. The van der Waals surface area contributed by atoms with Crippen LogP contribution in [0.15, 0.2) is 24.3 Å². The molecule has 1 aromatic rings. The van der Waals surface area contributed by atoms with Gasteiger partial charge in [-0.1, -0.05) is 19.8 Å². The number of esters is 2. The zero-order valence-electron chi connectivity index (χ0n) is 13.4. The Balaban J connectivity index is 2.30. The fraction of sp³-hybridized carbons (Fsp3) is 0.438. The van der Waals surface area contributed by atoms with Crippen LogP contribution in [0.5, 0.6) is 0 Å². The van der Waals surface area contributed by atoms with Crippen molar-refractivity contribution in [2.45, 2.75) is 26.2 Å². The Labute approximate surface area is 141 Å². The standard InChI is InChI=1S/C16H22N2O4S/c1-3-4-5-10-22-14(19)11-17-16(23)18-13-8-6-12(7-9-13)15(20)21-2/h6-9H,3-5,10-11H2,1-2H3,(H2,17,18,23). The van der Waals surface area contributed by atoms with Gasteiger partial charge < -0.3 is 20.1 Å². The predicted molar refractivity (Wildman–Crippen MR) is 92.5 cm³/mol. The molecule has 0 spiro atoms. The summed E-state index contributed by atoms with van der Waals surface area (Å²) < 4.78 is 9.68. The van der Waals surface area contributed by atoms with Gasteiger partial charge in [-0.15, -0.1) is 0 Å². The lowest BCUT2D eigenvalue weighted by Gasteiger charge is -2.10. The summed E-state index contributed by atoms with van der Waals surface area (Å²) in [6, 6.07) is 6.64. The van der Waals surface area contributed by atoms with Gasteiger partial charge in [0, 0.05) is 5.69 Å². The summed E-state index contributed by atoms with van der Waals surface area (Å²) in [7, 11) is 1.33. The summed E-state index contributed by atoms with van der Waals surface area (Å²) in [5, 5.41) is 6.00. The Morgan fingerprint density at radius 2 is 1.87 bits per heavy atom. The number of ether oxygens (including phenoxy) is 2. The first-order chi connectivity index (χ1) is 11.1. The lowest BCUT2D eigenvalue weighted by Crippen LogP contribution is -2.34. The smallest absolute Gasteiger partial charge is 0.337 e. The molecule has 2 N–H and O–H groups in total. The van der Waals surface area contributed by atoms with Gasteiger partial charge in [0.25, 0.3) is 0 Å². The van der Waals surface area contributed by atoms with Crippen LogP contribution in [0.2, 0.25) is 0 Å². The van der Waals surface area contributed by atoms with Gasteiger partial charge in [-0.3, -0.25) is 4.79 Å². The quantitative estimate of drug-likeness (QED) is 0.428. The average Bonchev–Trinajstić information content (AvgIpc) is 2.57. The van der Waals surface area contributed by atoms with Crippen molar-refractivity contribution >= 4 is 35.0 Å². The van der Waals surface area contributed by atoms with E-state index in [1.165, 1.54) is 7.11 Å². The minimum atomic E-state index is -0.400. The van der Waals surface area contributed by atoms with Crippen molar-refractivity contribution in [3.8, 4) is 0 Å². The molecule has 1 aromatic carbocycles. The minimum Gasteiger partial charge on any atom is -0.465 e. The summed E-state index contributed by atoms with van der Waals surface area (Å²) in [5.41, 5.74) is 1.15. The average molecular weight is 338 g/mol. The van der Waals surface area contributed by atoms with Crippen LogP contribution in [0.3, 0.4) is 0 Å². The van der Waals surface area contributed by atoms with Crippen molar-refractivity contribution in [1.82, 2.24) is 5.32 Å². The molecule has 0 amide bonds. The van der Waals surface area contributed by atoms with Crippen LogP contribution in [0.25, 0.3) is 0 Å². The molecule has 0 aliphatic rings. The zero-order chi connectivity index (χ0) is 17.1. The lowest BCUT2D eigenvalue weighted by molar-refractivity contribution is -0.142. The van der Waals surface area contributed by atoms with Gasteiger partial charge in [-0.2, -0.15) is 0 Å². The lowest BCUT2D eigenvalue weighted by atomic mass is 10.2. The molecule has 0 saturated carbocycles. The van der Waals surface area contributed by atoms with E-state index in [1.54, 1.807) is 24.3 Å². The highest BCUT2D eigenvalue weighted by atomic mass is 32.1. The van der Waals surface area contributed by atoms with Crippen LogP contribution in [-0.4, -0.2) is 37.3 Å². The summed E-state index contributed by atoms with van der Waals surface area (Å²) in [4.78, 5) is 22.8. The van der Waals surface area contributed by atoms with Crippen molar-refractivity contribution in [3.63, 3.8) is 0 Å². The Hall–Kier alpha value is -2.15. The molecule has 0 unspecified atom stereocenters. The van der Waals surface area contributed by atoms with E-state index in [2.05, 4.69) is 22.3 Å². The SMILES string of the molecule is CCCCCOC(=O)CNC(=S)Nc1ccc(C(=O)OC)cc1.